The highest BCUT2D eigenvalue weighted by Crippen LogP contribution is 2.26. The molecule has 0 spiro atoms. The molecular formula is C33H33N3O4. The molecule has 0 aliphatic carbocycles. The Morgan fingerprint density at radius 2 is 1.60 bits per heavy atom. The molecule has 0 bridgehead atoms. The summed E-state index contributed by atoms with van der Waals surface area (Å²) in [6.07, 6.45) is 1.65. The molecule has 7 nitrogen and oxygen atoms in total. The molecule has 0 radical (unpaired) electrons. The molecule has 4 rings (SSSR count). The summed E-state index contributed by atoms with van der Waals surface area (Å²) < 4.78 is 5.63. The molecule has 0 unspecified atom stereocenters. The molecule has 0 aliphatic heterocycles. The number of ketones is 1. The maximum atomic E-state index is 13.3. The highest BCUT2D eigenvalue weighted by Gasteiger charge is 2.23. The van der Waals surface area contributed by atoms with Gasteiger partial charge < -0.3 is 10.1 Å². The Balaban J connectivity index is 1.51. The number of carbonyl (C=O) groups is 3. The van der Waals surface area contributed by atoms with Gasteiger partial charge in [0, 0.05) is 47.4 Å². The van der Waals surface area contributed by atoms with Crippen molar-refractivity contribution in [3.05, 3.63) is 114 Å². The van der Waals surface area contributed by atoms with Gasteiger partial charge in [-0.1, -0.05) is 54.6 Å². The van der Waals surface area contributed by atoms with Crippen LogP contribution in [-0.4, -0.2) is 34.9 Å². The second-order valence-corrected chi connectivity index (χ2v) is 10.4. The minimum atomic E-state index is -0.629. The molecule has 4 aromatic rings. The second-order valence-electron chi connectivity index (χ2n) is 10.4. The summed E-state index contributed by atoms with van der Waals surface area (Å²) in [6.45, 7) is 7.36. The summed E-state index contributed by atoms with van der Waals surface area (Å²) in [5.74, 6) is -0.314. The normalized spacial score (nSPS) is 11.0. The molecule has 1 aromatic heterocycles. The Labute approximate surface area is 234 Å². The Morgan fingerprint density at radius 1 is 0.875 bits per heavy atom. The molecule has 0 saturated heterocycles. The van der Waals surface area contributed by atoms with Crippen LogP contribution in [0.1, 0.15) is 54.1 Å². The number of para-hydroxylation sites is 1. The van der Waals surface area contributed by atoms with Crippen molar-refractivity contribution in [1.82, 2.24) is 4.98 Å². The summed E-state index contributed by atoms with van der Waals surface area (Å²) in [4.78, 5) is 44.2. The second kappa shape index (κ2) is 12.4. The van der Waals surface area contributed by atoms with Crippen LogP contribution in [0.5, 0.6) is 0 Å². The molecular weight excluding hydrogens is 502 g/mol. The van der Waals surface area contributed by atoms with Crippen LogP contribution in [0.2, 0.25) is 0 Å². The fraction of sp³-hybridized carbons (Fsp3) is 0.212. The molecule has 0 aliphatic rings. The molecule has 7 heteroatoms. The van der Waals surface area contributed by atoms with Gasteiger partial charge in [-0.15, -0.1) is 0 Å². The largest absolute Gasteiger partial charge is 0.443 e. The van der Waals surface area contributed by atoms with Crippen molar-refractivity contribution in [3.63, 3.8) is 0 Å². The fourth-order valence-electron chi connectivity index (χ4n) is 4.21. The van der Waals surface area contributed by atoms with E-state index < -0.39 is 11.7 Å². The zero-order chi connectivity index (χ0) is 28.7. The van der Waals surface area contributed by atoms with E-state index in [-0.39, 0.29) is 11.7 Å². The number of anilines is 2. The third-order valence-electron chi connectivity index (χ3n) is 6.10. The molecule has 0 saturated carbocycles. The number of benzene rings is 3. The van der Waals surface area contributed by atoms with Gasteiger partial charge in [0.25, 0.3) is 5.91 Å². The van der Waals surface area contributed by atoms with Gasteiger partial charge in [-0.2, -0.15) is 0 Å². The SMILES string of the molecule is CC(=O)c1cccc(-c2ccccc2C(=O)Nc2ccnc(CCN(C(=O)OC(C)(C)C)c3ccccc3)c2)c1. The van der Waals surface area contributed by atoms with Gasteiger partial charge in [0.2, 0.25) is 0 Å². The number of rotatable bonds is 8. The van der Waals surface area contributed by atoms with Gasteiger partial charge in [0.05, 0.1) is 0 Å². The monoisotopic (exact) mass is 535 g/mol. The van der Waals surface area contributed by atoms with Gasteiger partial charge in [-0.3, -0.25) is 19.5 Å². The Kier molecular flexibility index (Phi) is 8.74. The lowest BCUT2D eigenvalue weighted by Crippen LogP contribution is -2.38. The maximum Gasteiger partial charge on any atom is 0.414 e. The topological polar surface area (TPSA) is 88.6 Å². The highest BCUT2D eigenvalue weighted by atomic mass is 16.6. The van der Waals surface area contributed by atoms with E-state index in [1.165, 1.54) is 6.92 Å². The van der Waals surface area contributed by atoms with Crippen LogP contribution in [-0.2, 0) is 11.2 Å². The highest BCUT2D eigenvalue weighted by molar-refractivity contribution is 6.09. The summed E-state index contributed by atoms with van der Waals surface area (Å²) in [7, 11) is 0. The zero-order valence-electron chi connectivity index (χ0n) is 23.2. The molecule has 204 valence electrons. The standard InChI is InChI=1S/C33H33N3O4/c1-23(37)24-11-10-12-25(21-24)29-15-8-9-16-30(29)31(38)35-27-17-19-34-26(22-27)18-20-36(28-13-6-5-7-14-28)32(39)40-33(2,3)4/h5-17,19,21-22H,18,20H2,1-4H3,(H,34,35,38). The maximum absolute atomic E-state index is 13.3. The Bertz CT molecular complexity index is 1510. The molecule has 2 amide bonds. The minimum Gasteiger partial charge on any atom is -0.443 e. The number of nitrogens with zero attached hydrogens (tertiary/aromatic N) is 2. The van der Waals surface area contributed by atoms with Crippen LogP contribution in [0.15, 0.2) is 97.2 Å². The number of hydrogen-bond donors (Lipinski definition) is 1. The first kappa shape index (κ1) is 28.2. The number of amides is 2. The number of carbonyl (C=O) groups excluding carboxylic acids is 3. The third-order valence-corrected chi connectivity index (χ3v) is 6.10. The first-order valence-electron chi connectivity index (χ1n) is 13.1. The van der Waals surface area contributed by atoms with Crippen LogP contribution >= 0.6 is 0 Å². The van der Waals surface area contributed by atoms with Crippen molar-refractivity contribution in [3.8, 4) is 11.1 Å². The quantitative estimate of drug-likeness (QED) is 0.241. The Morgan fingerprint density at radius 3 is 2.33 bits per heavy atom. The average Bonchev–Trinajstić information content (AvgIpc) is 2.93. The van der Waals surface area contributed by atoms with E-state index in [0.717, 1.165) is 16.8 Å². The lowest BCUT2D eigenvalue weighted by molar-refractivity contribution is 0.0580. The molecule has 0 atom stereocenters. The predicted molar refractivity (Wildman–Crippen MR) is 158 cm³/mol. The van der Waals surface area contributed by atoms with Crippen molar-refractivity contribution in [2.45, 2.75) is 39.7 Å². The van der Waals surface area contributed by atoms with E-state index in [1.54, 1.807) is 47.5 Å². The van der Waals surface area contributed by atoms with Crippen LogP contribution < -0.4 is 10.2 Å². The summed E-state index contributed by atoms with van der Waals surface area (Å²) in [5.41, 5.74) is 3.99. The smallest absolute Gasteiger partial charge is 0.414 e. The summed E-state index contributed by atoms with van der Waals surface area (Å²) in [6, 6.07) is 27.4. The van der Waals surface area contributed by atoms with Gasteiger partial charge in [-0.05, 0) is 75.2 Å². The summed E-state index contributed by atoms with van der Waals surface area (Å²) in [5, 5.41) is 2.97. The summed E-state index contributed by atoms with van der Waals surface area (Å²) >= 11 is 0. The zero-order valence-corrected chi connectivity index (χ0v) is 23.2. The van der Waals surface area contributed by atoms with Crippen LogP contribution in [0.4, 0.5) is 16.2 Å². The van der Waals surface area contributed by atoms with Crippen molar-refractivity contribution < 1.29 is 19.1 Å². The van der Waals surface area contributed by atoms with E-state index in [4.69, 9.17) is 4.74 Å². The van der Waals surface area contributed by atoms with E-state index in [2.05, 4.69) is 10.3 Å². The van der Waals surface area contributed by atoms with E-state index in [1.807, 2.05) is 75.4 Å². The van der Waals surface area contributed by atoms with E-state index in [0.29, 0.717) is 35.5 Å². The number of nitrogens with one attached hydrogen (secondary N) is 1. The number of ether oxygens (including phenoxy) is 1. The minimum absolute atomic E-state index is 0.0365. The van der Waals surface area contributed by atoms with Gasteiger partial charge in [0.15, 0.2) is 5.78 Å². The Hall–Kier alpha value is -4.78. The first-order chi connectivity index (χ1) is 19.1. The average molecular weight is 536 g/mol. The molecule has 1 heterocycles. The van der Waals surface area contributed by atoms with Crippen molar-refractivity contribution in [2.24, 2.45) is 0 Å². The number of aromatic nitrogens is 1. The molecule has 1 N–H and O–H groups in total. The van der Waals surface area contributed by atoms with Crippen molar-refractivity contribution in [2.75, 3.05) is 16.8 Å². The van der Waals surface area contributed by atoms with Crippen molar-refractivity contribution in [1.29, 1.82) is 0 Å². The van der Waals surface area contributed by atoms with Crippen molar-refractivity contribution >= 4 is 29.2 Å². The van der Waals surface area contributed by atoms with E-state index in [9.17, 15) is 14.4 Å². The lowest BCUT2D eigenvalue weighted by Gasteiger charge is -2.27. The number of Topliss-reactive ketones (excluding diaryl/α,β-unsaturated/α-hetero) is 1. The first-order valence-corrected chi connectivity index (χ1v) is 13.1. The van der Waals surface area contributed by atoms with Gasteiger partial charge >= 0.3 is 6.09 Å². The third kappa shape index (κ3) is 7.41. The van der Waals surface area contributed by atoms with Crippen LogP contribution in [0, 0.1) is 0 Å². The predicted octanol–water partition coefficient (Wildman–Crippen LogP) is 7.19. The number of pyridine rings is 1. The molecule has 3 aromatic carbocycles. The lowest BCUT2D eigenvalue weighted by atomic mass is 9.97. The molecule has 40 heavy (non-hydrogen) atoms. The van der Waals surface area contributed by atoms with Gasteiger partial charge in [0.1, 0.15) is 5.60 Å². The van der Waals surface area contributed by atoms with Crippen LogP contribution in [0.3, 0.4) is 0 Å². The van der Waals surface area contributed by atoms with Gasteiger partial charge in [-0.25, -0.2) is 4.79 Å². The van der Waals surface area contributed by atoms with E-state index >= 15 is 0 Å². The number of hydrogen-bond acceptors (Lipinski definition) is 5. The fourth-order valence-corrected chi connectivity index (χ4v) is 4.21. The van der Waals surface area contributed by atoms with Crippen LogP contribution in [0.25, 0.3) is 11.1 Å². The molecule has 0 fully saturated rings.